The molecule has 0 saturated carbocycles. The molecule has 104 valence electrons. The van der Waals surface area contributed by atoms with Crippen molar-refractivity contribution in [1.82, 2.24) is 10.6 Å². The van der Waals surface area contributed by atoms with Crippen LogP contribution in [-0.2, 0) is 0 Å². The number of nitrogens with zero attached hydrogens (tertiary/aromatic N) is 1. The molecule has 0 radical (unpaired) electrons. The van der Waals surface area contributed by atoms with Crippen LogP contribution in [0.15, 0.2) is 29.3 Å². The molecule has 0 aromatic heterocycles. The van der Waals surface area contributed by atoms with Crippen molar-refractivity contribution in [3.63, 3.8) is 0 Å². The second kappa shape index (κ2) is 7.53. The highest BCUT2D eigenvalue weighted by molar-refractivity contribution is 6.05. The molecule has 1 aromatic carbocycles. The second-order valence-electron chi connectivity index (χ2n) is 4.04. The lowest BCUT2D eigenvalue weighted by Gasteiger charge is -2.19. The van der Waals surface area contributed by atoms with Gasteiger partial charge in [-0.05, 0) is 19.1 Å². The first-order valence-electron chi connectivity index (χ1n) is 6.49. The molecule has 2 rings (SSSR count). The van der Waals surface area contributed by atoms with Gasteiger partial charge in [0.1, 0.15) is 0 Å². The Hall–Kier alpha value is -1.88. The average molecular weight is 263 g/mol. The summed E-state index contributed by atoms with van der Waals surface area (Å²) in [5.74, 6) is 0.216. The van der Waals surface area contributed by atoms with Crippen LogP contribution in [0.25, 0.3) is 0 Å². The number of aliphatic hydroxyl groups excluding tert-OH is 1. The molecule has 1 aromatic rings. The van der Waals surface area contributed by atoms with E-state index in [1.54, 1.807) is 12.1 Å². The third-order valence-corrected chi connectivity index (χ3v) is 2.51. The maximum absolute atomic E-state index is 11.8. The zero-order valence-corrected chi connectivity index (χ0v) is 11.6. The summed E-state index contributed by atoms with van der Waals surface area (Å²) in [5.41, 5.74) is 1.70. The number of amides is 1. The van der Waals surface area contributed by atoms with Crippen molar-refractivity contribution < 1.29 is 9.90 Å². The van der Waals surface area contributed by atoms with Gasteiger partial charge in [-0.2, -0.15) is 0 Å². The van der Waals surface area contributed by atoms with Crippen LogP contribution in [0.2, 0.25) is 0 Å². The van der Waals surface area contributed by atoms with E-state index < -0.39 is 6.10 Å². The van der Waals surface area contributed by atoms with Crippen molar-refractivity contribution in [3.05, 3.63) is 35.4 Å². The summed E-state index contributed by atoms with van der Waals surface area (Å²) in [6.45, 7) is 6.69. The Balaban J connectivity index is 0.000000861. The number of benzene rings is 1. The minimum Gasteiger partial charge on any atom is -0.389 e. The second-order valence-corrected chi connectivity index (χ2v) is 4.04. The number of aryl methyl sites for hydroxylation is 1. The molecule has 1 heterocycles. The highest BCUT2D eigenvalue weighted by atomic mass is 16.3. The van der Waals surface area contributed by atoms with Gasteiger partial charge in [0.15, 0.2) is 5.96 Å². The summed E-state index contributed by atoms with van der Waals surface area (Å²) in [4.78, 5) is 15.8. The third-order valence-electron chi connectivity index (χ3n) is 2.51. The van der Waals surface area contributed by atoms with Gasteiger partial charge < -0.3 is 10.4 Å². The van der Waals surface area contributed by atoms with E-state index in [-0.39, 0.29) is 5.91 Å². The van der Waals surface area contributed by atoms with Crippen LogP contribution in [0.1, 0.15) is 29.8 Å². The zero-order valence-electron chi connectivity index (χ0n) is 11.6. The summed E-state index contributed by atoms with van der Waals surface area (Å²) in [6, 6.07) is 7.30. The third kappa shape index (κ3) is 4.71. The Bertz CT molecular complexity index is 441. The minimum absolute atomic E-state index is 0.201. The fourth-order valence-electron chi connectivity index (χ4n) is 1.50. The fraction of sp³-hybridized carbons (Fsp3) is 0.429. The first-order valence-corrected chi connectivity index (χ1v) is 6.49. The van der Waals surface area contributed by atoms with Gasteiger partial charge in [-0.25, -0.2) is 0 Å². The topological polar surface area (TPSA) is 73.7 Å². The summed E-state index contributed by atoms with van der Waals surface area (Å²) >= 11 is 0. The molecule has 1 unspecified atom stereocenters. The van der Waals surface area contributed by atoms with Crippen molar-refractivity contribution in [2.24, 2.45) is 4.99 Å². The van der Waals surface area contributed by atoms with E-state index in [0.717, 1.165) is 5.56 Å². The molecule has 0 saturated heterocycles. The Morgan fingerprint density at radius 3 is 2.53 bits per heavy atom. The maximum atomic E-state index is 11.8. The molecule has 5 nitrogen and oxygen atoms in total. The lowest BCUT2D eigenvalue weighted by Crippen LogP contribution is -2.48. The number of hydrogen-bond donors (Lipinski definition) is 3. The maximum Gasteiger partial charge on any atom is 0.257 e. The quantitative estimate of drug-likeness (QED) is 0.709. The number of carbonyl (C=O) groups excluding carboxylic acids is 1. The van der Waals surface area contributed by atoms with Crippen LogP contribution >= 0.6 is 0 Å². The highest BCUT2D eigenvalue weighted by Crippen LogP contribution is 2.02. The van der Waals surface area contributed by atoms with E-state index in [1.165, 1.54) is 0 Å². The smallest absolute Gasteiger partial charge is 0.257 e. The zero-order chi connectivity index (χ0) is 14.3. The highest BCUT2D eigenvalue weighted by Gasteiger charge is 2.14. The lowest BCUT2D eigenvalue weighted by molar-refractivity contribution is 0.0973. The predicted octanol–water partition coefficient (Wildman–Crippen LogP) is 1.07. The summed E-state index contributed by atoms with van der Waals surface area (Å²) in [5, 5.41) is 14.7. The molecule has 3 N–H and O–H groups in total. The number of rotatable bonds is 1. The van der Waals surface area contributed by atoms with Crippen molar-refractivity contribution >= 4 is 11.9 Å². The molecule has 0 bridgehead atoms. The number of nitrogens with one attached hydrogen (secondary N) is 2. The number of aliphatic imine (C=N–C) groups is 1. The van der Waals surface area contributed by atoms with Crippen molar-refractivity contribution in [3.8, 4) is 0 Å². The molecule has 0 aliphatic carbocycles. The van der Waals surface area contributed by atoms with Gasteiger partial charge in [-0.15, -0.1) is 0 Å². The van der Waals surface area contributed by atoms with Gasteiger partial charge in [0.2, 0.25) is 0 Å². The van der Waals surface area contributed by atoms with E-state index in [9.17, 15) is 9.90 Å². The monoisotopic (exact) mass is 263 g/mol. The van der Waals surface area contributed by atoms with Crippen molar-refractivity contribution in [1.29, 1.82) is 0 Å². The van der Waals surface area contributed by atoms with Crippen molar-refractivity contribution in [2.45, 2.75) is 26.9 Å². The minimum atomic E-state index is -0.477. The number of carbonyl (C=O) groups is 1. The first kappa shape index (κ1) is 15.2. The SMILES string of the molecule is CC.Cc1ccc(C(=O)NC2=NCC(O)CN2)cc1. The number of aliphatic hydroxyl groups is 1. The summed E-state index contributed by atoms with van der Waals surface area (Å²) < 4.78 is 0. The van der Waals surface area contributed by atoms with Gasteiger partial charge in [0.25, 0.3) is 5.91 Å². The largest absolute Gasteiger partial charge is 0.389 e. The molecule has 1 amide bonds. The molecule has 5 heteroatoms. The molecule has 0 fully saturated rings. The molecule has 1 atom stereocenters. The number of β-amino-alcohol motifs (C(OH)–C–C–N with tert-alkyl or cyclic N) is 1. The van der Waals surface area contributed by atoms with Gasteiger partial charge in [0.05, 0.1) is 12.6 Å². The fourth-order valence-corrected chi connectivity index (χ4v) is 1.50. The number of guanidine groups is 1. The van der Waals surface area contributed by atoms with Crippen LogP contribution in [0.3, 0.4) is 0 Å². The predicted molar refractivity (Wildman–Crippen MR) is 76.3 cm³/mol. The summed E-state index contributed by atoms with van der Waals surface area (Å²) in [7, 11) is 0. The molecule has 0 spiro atoms. The van der Waals surface area contributed by atoms with Gasteiger partial charge in [-0.1, -0.05) is 31.5 Å². The van der Waals surface area contributed by atoms with E-state index in [2.05, 4.69) is 15.6 Å². The van der Waals surface area contributed by atoms with Crippen molar-refractivity contribution in [2.75, 3.05) is 13.1 Å². The van der Waals surface area contributed by atoms with E-state index in [4.69, 9.17) is 0 Å². The van der Waals surface area contributed by atoms with Crippen LogP contribution in [0.4, 0.5) is 0 Å². The number of hydrogen-bond acceptors (Lipinski definition) is 4. The molecular weight excluding hydrogens is 242 g/mol. The van der Waals surface area contributed by atoms with Crippen LogP contribution < -0.4 is 10.6 Å². The first-order chi connectivity index (χ1) is 9.15. The lowest BCUT2D eigenvalue weighted by atomic mass is 10.1. The normalized spacial score (nSPS) is 17.5. The van der Waals surface area contributed by atoms with Crippen LogP contribution in [0, 0.1) is 6.92 Å². The molecule has 1 aliphatic heterocycles. The Labute approximate surface area is 113 Å². The molecular formula is C14H21N3O2. The molecule has 1 aliphatic rings. The van der Waals surface area contributed by atoms with Gasteiger partial charge >= 0.3 is 0 Å². The van der Waals surface area contributed by atoms with E-state index in [1.807, 2.05) is 32.9 Å². The van der Waals surface area contributed by atoms with Gasteiger partial charge in [0, 0.05) is 12.1 Å². The molecule has 19 heavy (non-hydrogen) atoms. The van der Waals surface area contributed by atoms with Crippen LogP contribution in [-0.4, -0.2) is 36.2 Å². The van der Waals surface area contributed by atoms with E-state index >= 15 is 0 Å². The van der Waals surface area contributed by atoms with Crippen LogP contribution in [0.5, 0.6) is 0 Å². The standard InChI is InChI=1S/C12H15N3O2.C2H6/c1-8-2-4-9(5-3-8)11(17)15-12-13-6-10(16)7-14-12;1-2/h2-5,10,16H,6-7H2,1H3,(H2,13,14,15,17);1-2H3. The average Bonchev–Trinajstić information content (AvgIpc) is 2.44. The Morgan fingerprint density at radius 2 is 2.00 bits per heavy atom. The summed E-state index contributed by atoms with van der Waals surface area (Å²) in [6.07, 6.45) is -0.477. The van der Waals surface area contributed by atoms with E-state index in [0.29, 0.717) is 24.6 Å². The Kier molecular flexibility index (Phi) is 6.02. The Morgan fingerprint density at radius 1 is 1.37 bits per heavy atom. The van der Waals surface area contributed by atoms with Gasteiger partial charge in [-0.3, -0.25) is 15.1 Å².